The Morgan fingerprint density at radius 3 is 2.63 bits per heavy atom. The molecule has 0 aliphatic heterocycles. The topological polar surface area (TPSA) is 89.0 Å². The number of guanidine groups is 1. The molecule has 1 unspecified atom stereocenters. The summed E-state index contributed by atoms with van der Waals surface area (Å²) in [5.41, 5.74) is 1.16. The van der Waals surface area contributed by atoms with Crippen LogP contribution in [0.4, 0.5) is 0 Å². The average Bonchev–Trinajstić information content (AvgIpc) is 2.54. The van der Waals surface area contributed by atoms with E-state index in [4.69, 9.17) is 9.47 Å². The quantitative estimate of drug-likeness (QED) is 0.204. The Kier molecular flexibility index (Phi) is 13.4. The predicted octanol–water partition coefficient (Wildman–Crippen LogP) is 2.00. The van der Waals surface area contributed by atoms with Crippen molar-refractivity contribution < 1.29 is 17.9 Å². The van der Waals surface area contributed by atoms with E-state index in [-0.39, 0.29) is 42.4 Å². The van der Waals surface area contributed by atoms with Crippen LogP contribution >= 0.6 is 24.0 Å². The van der Waals surface area contributed by atoms with Crippen LogP contribution in [-0.4, -0.2) is 65.3 Å². The van der Waals surface area contributed by atoms with Crippen LogP contribution in [0.3, 0.4) is 0 Å². The van der Waals surface area contributed by atoms with Gasteiger partial charge in [-0.2, -0.15) is 0 Å². The standard InChI is InChI=1S/C18H31N3O4S.HI/c1-5-19-18(20-9-10-24-11-12-26(4,22)23)21-14-16(3)25-17-8-6-7-15(2)13-17;/h6-8,13,16H,5,9-12,14H2,1-4H3,(H2,19,20,21);1H. The van der Waals surface area contributed by atoms with Crippen molar-refractivity contribution in [2.75, 3.05) is 44.9 Å². The van der Waals surface area contributed by atoms with E-state index in [1.807, 2.05) is 45.0 Å². The maximum atomic E-state index is 11.0. The summed E-state index contributed by atoms with van der Waals surface area (Å²) in [4.78, 5) is 4.51. The lowest BCUT2D eigenvalue weighted by atomic mass is 10.2. The molecule has 0 fully saturated rings. The van der Waals surface area contributed by atoms with Gasteiger partial charge in [0.2, 0.25) is 0 Å². The highest BCUT2D eigenvalue weighted by Gasteiger charge is 2.05. The fourth-order valence-corrected chi connectivity index (χ4v) is 2.49. The monoisotopic (exact) mass is 513 g/mol. The van der Waals surface area contributed by atoms with E-state index in [0.717, 1.165) is 17.9 Å². The Hall–Kier alpha value is -1.07. The zero-order valence-electron chi connectivity index (χ0n) is 16.5. The Balaban J connectivity index is 0.00000676. The third-order valence-electron chi connectivity index (χ3n) is 3.31. The lowest BCUT2D eigenvalue weighted by molar-refractivity contribution is 0.154. The third kappa shape index (κ3) is 13.7. The molecule has 0 saturated heterocycles. The zero-order valence-corrected chi connectivity index (χ0v) is 19.7. The van der Waals surface area contributed by atoms with E-state index in [9.17, 15) is 8.42 Å². The van der Waals surface area contributed by atoms with Crippen molar-refractivity contribution >= 4 is 39.8 Å². The lowest BCUT2D eigenvalue weighted by Crippen LogP contribution is -2.39. The number of ether oxygens (including phenoxy) is 2. The second-order valence-corrected chi connectivity index (χ2v) is 8.39. The van der Waals surface area contributed by atoms with Gasteiger partial charge in [-0.3, -0.25) is 0 Å². The molecule has 0 radical (unpaired) electrons. The first-order valence-corrected chi connectivity index (χ1v) is 10.9. The van der Waals surface area contributed by atoms with Crippen LogP contribution in [0.25, 0.3) is 0 Å². The zero-order chi connectivity index (χ0) is 19.4. The van der Waals surface area contributed by atoms with E-state index in [1.54, 1.807) is 0 Å². The van der Waals surface area contributed by atoms with Gasteiger partial charge in [0.1, 0.15) is 21.7 Å². The van der Waals surface area contributed by atoms with E-state index in [2.05, 4.69) is 15.6 Å². The number of nitrogens with one attached hydrogen (secondary N) is 2. The highest BCUT2D eigenvalue weighted by atomic mass is 127. The third-order valence-corrected chi connectivity index (χ3v) is 4.22. The molecule has 0 aliphatic rings. The number of aryl methyl sites for hydroxylation is 1. The average molecular weight is 513 g/mol. The molecule has 1 aromatic carbocycles. The Morgan fingerprint density at radius 1 is 1.26 bits per heavy atom. The van der Waals surface area contributed by atoms with Gasteiger partial charge < -0.3 is 20.1 Å². The first-order chi connectivity index (χ1) is 12.3. The van der Waals surface area contributed by atoms with Gasteiger partial charge in [0.25, 0.3) is 0 Å². The summed E-state index contributed by atoms with van der Waals surface area (Å²) in [6.45, 7) is 8.41. The van der Waals surface area contributed by atoms with Crippen molar-refractivity contribution in [1.82, 2.24) is 10.6 Å². The summed E-state index contributed by atoms with van der Waals surface area (Å²) in [5.74, 6) is 1.55. The van der Waals surface area contributed by atoms with E-state index in [1.165, 1.54) is 6.26 Å². The molecule has 0 amide bonds. The minimum Gasteiger partial charge on any atom is -0.489 e. The molecule has 0 heterocycles. The Labute approximate surface area is 180 Å². The second-order valence-electron chi connectivity index (χ2n) is 6.13. The summed E-state index contributed by atoms with van der Waals surface area (Å²) in [6.07, 6.45) is 1.14. The summed E-state index contributed by atoms with van der Waals surface area (Å²) >= 11 is 0. The van der Waals surface area contributed by atoms with Crippen molar-refractivity contribution in [2.24, 2.45) is 4.99 Å². The number of benzene rings is 1. The molecular weight excluding hydrogens is 481 g/mol. The molecule has 0 aliphatic carbocycles. The van der Waals surface area contributed by atoms with Gasteiger partial charge in [-0.1, -0.05) is 12.1 Å². The van der Waals surface area contributed by atoms with E-state index < -0.39 is 9.84 Å². The molecule has 0 spiro atoms. The molecule has 1 rings (SSSR count). The van der Waals surface area contributed by atoms with E-state index in [0.29, 0.717) is 25.7 Å². The number of rotatable bonds is 11. The Bertz CT molecular complexity index is 668. The van der Waals surface area contributed by atoms with Crippen molar-refractivity contribution in [3.63, 3.8) is 0 Å². The normalized spacial score (nSPS) is 12.8. The van der Waals surface area contributed by atoms with Gasteiger partial charge in [-0.25, -0.2) is 13.4 Å². The number of nitrogens with zero attached hydrogens (tertiary/aromatic N) is 1. The Morgan fingerprint density at radius 2 is 2.00 bits per heavy atom. The summed E-state index contributed by atoms with van der Waals surface area (Å²) < 4.78 is 33.2. The molecule has 1 atom stereocenters. The fraction of sp³-hybridized carbons (Fsp3) is 0.611. The number of hydrogen-bond donors (Lipinski definition) is 2. The van der Waals surface area contributed by atoms with Gasteiger partial charge in [-0.15, -0.1) is 24.0 Å². The first-order valence-electron chi connectivity index (χ1n) is 8.81. The highest BCUT2D eigenvalue weighted by Crippen LogP contribution is 2.14. The molecule has 0 aromatic heterocycles. The van der Waals surface area contributed by atoms with Gasteiger partial charge in [0.15, 0.2) is 5.96 Å². The smallest absolute Gasteiger partial charge is 0.191 e. The van der Waals surface area contributed by atoms with Crippen LogP contribution < -0.4 is 15.4 Å². The van der Waals surface area contributed by atoms with Crippen LogP contribution in [0.2, 0.25) is 0 Å². The molecule has 9 heteroatoms. The van der Waals surface area contributed by atoms with Crippen LogP contribution in [-0.2, 0) is 14.6 Å². The molecular formula is C18H32IN3O4S. The molecule has 2 N–H and O–H groups in total. The molecule has 7 nitrogen and oxygen atoms in total. The first kappa shape index (κ1) is 25.9. The lowest BCUT2D eigenvalue weighted by Gasteiger charge is -2.15. The van der Waals surface area contributed by atoms with Crippen molar-refractivity contribution in [1.29, 1.82) is 0 Å². The molecule has 27 heavy (non-hydrogen) atoms. The summed E-state index contributed by atoms with van der Waals surface area (Å²) in [6, 6.07) is 7.93. The van der Waals surface area contributed by atoms with Crippen LogP contribution in [0, 0.1) is 6.92 Å². The van der Waals surface area contributed by atoms with E-state index >= 15 is 0 Å². The molecule has 0 saturated carbocycles. The highest BCUT2D eigenvalue weighted by molar-refractivity contribution is 14.0. The predicted molar refractivity (Wildman–Crippen MR) is 121 cm³/mol. The largest absolute Gasteiger partial charge is 0.489 e. The summed E-state index contributed by atoms with van der Waals surface area (Å²) in [5, 5.41) is 6.31. The van der Waals surface area contributed by atoms with Crippen LogP contribution in [0.1, 0.15) is 19.4 Å². The van der Waals surface area contributed by atoms with Crippen molar-refractivity contribution in [3.05, 3.63) is 29.8 Å². The minimum atomic E-state index is -2.98. The van der Waals surface area contributed by atoms with Crippen LogP contribution in [0.15, 0.2) is 29.3 Å². The SMILES string of the molecule is CCNC(=NCC(C)Oc1cccc(C)c1)NCCOCCS(C)(=O)=O.I. The fourth-order valence-electron chi connectivity index (χ4n) is 2.07. The molecule has 0 bridgehead atoms. The van der Waals surface area contributed by atoms with Gasteiger partial charge in [-0.05, 0) is 38.5 Å². The number of hydrogen-bond acceptors (Lipinski definition) is 5. The van der Waals surface area contributed by atoms with Crippen molar-refractivity contribution in [3.8, 4) is 5.75 Å². The van der Waals surface area contributed by atoms with Crippen molar-refractivity contribution in [2.45, 2.75) is 26.9 Å². The number of halogens is 1. The maximum absolute atomic E-state index is 11.0. The number of aliphatic imine (C=N–C) groups is 1. The number of sulfone groups is 1. The minimum absolute atomic E-state index is 0. The van der Waals surface area contributed by atoms with Gasteiger partial charge in [0, 0.05) is 19.3 Å². The van der Waals surface area contributed by atoms with Gasteiger partial charge >= 0.3 is 0 Å². The summed E-state index contributed by atoms with van der Waals surface area (Å²) in [7, 11) is -2.98. The van der Waals surface area contributed by atoms with Gasteiger partial charge in [0.05, 0.1) is 25.5 Å². The molecule has 1 aromatic rings. The van der Waals surface area contributed by atoms with Crippen LogP contribution in [0.5, 0.6) is 5.75 Å². The maximum Gasteiger partial charge on any atom is 0.191 e. The second kappa shape index (κ2) is 14.0. The molecule has 156 valence electrons.